The summed E-state index contributed by atoms with van der Waals surface area (Å²) >= 11 is 0. The van der Waals surface area contributed by atoms with Crippen LogP contribution in [-0.2, 0) is 10.2 Å². The molecule has 0 heterocycles. The molecular formula is C16H19NO3. The summed E-state index contributed by atoms with van der Waals surface area (Å²) in [5, 5.41) is 11.4. The highest BCUT2D eigenvalue weighted by atomic mass is 16.4. The number of amides is 1. The van der Waals surface area contributed by atoms with Crippen molar-refractivity contribution in [1.82, 2.24) is 5.32 Å². The third kappa shape index (κ3) is 4.13. The van der Waals surface area contributed by atoms with Crippen LogP contribution < -0.4 is 5.32 Å². The Morgan fingerprint density at radius 3 is 2.25 bits per heavy atom. The maximum Gasteiger partial charge on any atom is 0.327 e. The molecule has 0 aliphatic rings. The van der Waals surface area contributed by atoms with Crippen LogP contribution in [-0.4, -0.2) is 23.0 Å². The lowest BCUT2D eigenvalue weighted by atomic mass is 9.86. The molecule has 0 unspecified atom stereocenters. The second-order valence-electron chi connectivity index (χ2n) is 5.60. The van der Waals surface area contributed by atoms with Crippen molar-refractivity contribution < 1.29 is 14.7 Å². The number of rotatable bonds is 4. The van der Waals surface area contributed by atoms with Crippen LogP contribution in [0.5, 0.6) is 0 Å². The van der Waals surface area contributed by atoms with Gasteiger partial charge in [0.15, 0.2) is 0 Å². The number of carboxylic acids is 1. The van der Waals surface area contributed by atoms with Gasteiger partial charge in [0.2, 0.25) is 0 Å². The highest BCUT2D eigenvalue weighted by Crippen LogP contribution is 2.22. The van der Waals surface area contributed by atoms with Crippen LogP contribution in [0.3, 0.4) is 0 Å². The molecule has 0 saturated heterocycles. The molecule has 0 bridgehead atoms. The van der Waals surface area contributed by atoms with Crippen molar-refractivity contribution in [1.29, 1.82) is 0 Å². The van der Waals surface area contributed by atoms with E-state index in [0.717, 1.165) is 5.56 Å². The number of carbonyl (C=O) groups excluding carboxylic acids is 1. The number of carboxylic acid groups (broad SMARTS) is 1. The topological polar surface area (TPSA) is 66.4 Å². The van der Waals surface area contributed by atoms with Crippen molar-refractivity contribution in [3.05, 3.63) is 35.4 Å². The fourth-order valence-corrected chi connectivity index (χ4v) is 1.68. The molecule has 0 aliphatic carbocycles. The van der Waals surface area contributed by atoms with Gasteiger partial charge in [-0.3, -0.25) is 4.79 Å². The van der Waals surface area contributed by atoms with E-state index < -0.39 is 17.9 Å². The number of aliphatic carboxylic acids is 1. The van der Waals surface area contributed by atoms with E-state index in [1.54, 1.807) is 12.1 Å². The third-order valence-electron chi connectivity index (χ3n) is 2.94. The average molecular weight is 273 g/mol. The Hall–Kier alpha value is -2.28. The predicted molar refractivity (Wildman–Crippen MR) is 77.5 cm³/mol. The Morgan fingerprint density at radius 2 is 1.85 bits per heavy atom. The first-order valence-corrected chi connectivity index (χ1v) is 6.33. The van der Waals surface area contributed by atoms with E-state index in [0.29, 0.717) is 5.56 Å². The number of hydrogen-bond donors (Lipinski definition) is 2. The van der Waals surface area contributed by atoms with Crippen molar-refractivity contribution in [3.8, 4) is 12.3 Å². The molecule has 1 rings (SSSR count). The highest BCUT2D eigenvalue weighted by Gasteiger charge is 2.20. The van der Waals surface area contributed by atoms with Gasteiger partial charge in [-0.05, 0) is 23.1 Å². The predicted octanol–water partition coefficient (Wildman–Crippen LogP) is 2.19. The van der Waals surface area contributed by atoms with Crippen molar-refractivity contribution >= 4 is 11.9 Å². The van der Waals surface area contributed by atoms with E-state index in [1.165, 1.54) is 0 Å². The van der Waals surface area contributed by atoms with E-state index >= 15 is 0 Å². The molecule has 0 aliphatic heterocycles. The Bertz CT molecular complexity index is 532. The zero-order chi connectivity index (χ0) is 15.3. The van der Waals surface area contributed by atoms with Crippen LogP contribution in [0, 0.1) is 12.3 Å². The van der Waals surface area contributed by atoms with E-state index in [9.17, 15) is 9.59 Å². The zero-order valence-electron chi connectivity index (χ0n) is 11.9. The number of carbonyl (C=O) groups is 2. The van der Waals surface area contributed by atoms with E-state index in [1.807, 2.05) is 12.1 Å². The lowest BCUT2D eigenvalue weighted by Gasteiger charge is -2.19. The maximum atomic E-state index is 12.0. The highest BCUT2D eigenvalue weighted by molar-refractivity contribution is 5.96. The molecule has 0 fully saturated rings. The zero-order valence-corrected chi connectivity index (χ0v) is 11.9. The number of nitrogens with one attached hydrogen (secondary N) is 1. The summed E-state index contributed by atoms with van der Waals surface area (Å²) in [6.45, 7) is 6.24. The largest absolute Gasteiger partial charge is 0.480 e. The summed E-state index contributed by atoms with van der Waals surface area (Å²) in [4.78, 5) is 22.9. The van der Waals surface area contributed by atoms with Gasteiger partial charge in [0, 0.05) is 12.0 Å². The van der Waals surface area contributed by atoms with Crippen LogP contribution >= 0.6 is 0 Å². The Kier molecular flexibility index (Phi) is 4.93. The minimum atomic E-state index is -1.14. The summed E-state index contributed by atoms with van der Waals surface area (Å²) in [5.41, 5.74) is 1.52. The summed E-state index contributed by atoms with van der Waals surface area (Å²) in [6.07, 6.45) is 5.04. The lowest BCUT2D eigenvalue weighted by molar-refractivity contribution is -0.139. The van der Waals surface area contributed by atoms with Gasteiger partial charge in [-0.1, -0.05) is 32.9 Å². The van der Waals surface area contributed by atoms with Crippen LogP contribution in [0.25, 0.3) is 0 Å². The molecule has 2 N–H and O–H groups in total. The summed E-state index contributed by atoms with van der Waals surface area (Å²) in [7, 11) is 0. The summed E-state index contributed by atoms with van der Waals surface area (Å²) < 4.78 is 0. The monoisotopic (exact) mass is 273 g/mol. The van der Waals surface area contributed by atoms with Gasteiger partial charge >= 0.3 is 5.97 Å². The smallest absolute Gasteiger partial charge is 0.327 e. The van der Waals surface area contributed by atoms with Crippen LogP contribution in [0.2, 0.25) is 0 Å². The molecule has 1 aromatic rings. The molecule has 4 heteroatoms. The number of hydrogen-bond acceptors (Lipinski definition) is 2. The molecule has 1 aromatic carbocycles. The van der Waals surface area contributed by atoms with Gasteiger partial charge in [0.25, 0.3) is 5.91 Å². The molecular weight excluding hydrogens is 254 g/mol. The Balaban J connectivity index is 2.83. The minimum absolute atomic E-state index is 0.00206. The van der Waals surface area contributed by atoms with Gasteiger partial charge in [0.05, 0.1) is 0 Å². The number of benzene rings is 1. The molecule has 0 spiro atoms. The van der Waals surface area contributed by atoms with E-state index in [2.05, 4.69) is 32.0 Å². The second kappa shape index (κ2) is 6.25. The maximum absolute atomic E-state index is 12.0. The Morgan fingerprint density at radius 1 is 1.30 bits per heavy atom. The SMILES string of the molecule is C#CC[C@H](NC(=O)c1ccc(C(C)(C)C)cc1)C(=O)O. The molecule has 4 nitrogen and oxygen atoms in total. The average Bonchev–Trinajstić information content (AvgIpc) is 2.37. The first-order chi connectivity index (χ1) is 9.25. The van der Waals surface area contributed by atoms with Gasteiger partial charge in [-0.2, -0.15) is 0 Å². The van der Waals surface area contributed by atoms with Gasteiger partial charge < -0.3 is 10.4 Å². The standard InChI is InChI=1S/C16H19NO3/c1-5-6-13(15(19)20)17-14(18)11-7-9-12(10-8-11)16(2,3)4/h1,7-10,13H,6H2,2-4H3,(H,17,18)(H,19,20)/t13-/m0/s1. The van der Waals surface area contributed by atoms with Crippen molar-refractivity contribution in [2.45, 2.75) is 38.6 Å². The van der Waals surface area contributed by atoms with Crippen LogP contribution in [0.4, 0.5) is 0 Å². The number of terminal acetylenes is 1. The second-order valence-corrected chi connectivity index (χ2v) is 5.60. The lowest BCUT2D eigenvalue weighted by Crippen LogP contribution is -2.40. The molecule has 1 atom stereocenters. The molecule has 106 valence electrons. The third-order valence-corrected chi connectivity index (χ3v) is 2.94. The normalized spacial score (nSPS) is 12.3. The fourth-order valence-electron chi connectivity index (χ4n) is 1.68. The van der Waals surface area contributed by atoms with Gasteiger partial charge in [-0.25, -0.2) is 4.79 Å². The first kappa shape index (κ1) is 15.8. The molecule has 20 heavy (non-hydrogen) atoms. The van der Waals surface area contributed by atoms with Crippen molar-refractivity contribution in [2.75, 3.05) is 0 Å². The first-order valence-electron chi connectivity index (χ1n) is 6.33. The molecule has 0 saturated carbocycles. The quantitative estimate of drug-likeness (QED) is 0.826. The summed E-state index contributed by atoms with van der Waals surface area (Å²) in [5.74, 6) is 0.666. The summed E-state index contributed by atoms with van der Waals surface area (Å²) in [6, 6.07) is 6.04. The van der Waals surface area contributed by atoms with Gasteiger partial charge in [0.1, 0.15) is 6.04 Å². The van der Waals surface area contributed by atoms with Crippen LogP contribution in [0.15, 0.2) is 24.3 Å². The van der Waals surface area contributed by atoms with Crippen molar-refractivity contribution in [2.24, 2.45) is 0 Å². The van der Waals surface area contributed by atoms with E-state index in [4.69, 9.17) is 11.5 Å². The van der Waals surface area contributed by atoms with Crippen LogP contribution in [0.1, 0.15) is 43.1 Å². The Labute approximate surface area is 119 Å². The minimum Gasteiger partial charge on any atom is -0.480 e. The van der Waals surface area contributed by atoms with Crippen molar-refractivity contribution in [3.63, 3.8) is 0 Å². The molecule has 0 radical (unpaired) electrons. The molecule has 0 aromatic heterocycles. The molecule has 1 amide bonds. The fraction of sp³-hybridized carbons (Fsp3) is 0.375. The van der Waals surface area contributed by atoms with E-state index in [-0.39, 0.29) is 11.8 Å². The van der Waals surface area contributed by atoms with Gasteiger partial charge in [-0.15, -0.1) is 12.3 Å².